The number of hydrogen-bond donors (Lipinski definition) is 0. The van der Waals surface area contributed by atoms with Gasteiger partial charge in [-0.05, 0) is 19.8 Å². The van der Waals surface area contributed by atoms with Crippen molar-refractivity contribution in [1.82, 2.24) is 4.90 Å². The van der Waals surface area contributed by atoms with Crippen LogP contribution in [0.25, 0.3) is 0 Å². The van der Waals surface area contributed by atoms with Crippen molar-refractivity contribution < 1.29 is 28.7 Å². The molecule has 0 aromatic heterocycles. The lowest BCUT2D eigenvalue weighted by Crippen LogP contribution is -2.40. The van der Waals surface area contributed by atoms with Crippen LogP contribution in [-0.4, -0.2) is 55.1 Å². The Balaban J connectivity index is 2.20. The van der Waals surface area contributed by atoms with Crippen molar-refractivity contribution in [1.29, 1.82) is 0 Å². The van der Waals surface area contributed by atoms with Gasteiger partial charge in [0.05, 0.1) is 25.2 Å². The van der Waals surface area contributed by atoms with Crippen LogP contribution in [0.2, 0.25) is 0 Å². The fourth-order valence-electron chi connectivity index (χ4n) is 3.01. The minimum Gasteiger partial charge on any atom is -0.493 e. The van der Waals surface area contributed by atoms with Crippen LogP contribution < -0.4 is 9.47 Å². The van der Waals surface area contributed by atoms with Gasteiger partial charge in [-0.1, -0.05) is 12.8 Å². The molecule has 1 aliphatic heterocycles. The van der Waals surface area contributed by atoms with Gasteiger partial charge in [0.2, 0.25) is 0 Å². The Bertz CT molecular complexity index is 712. The van der Waals surface area contributed by atoms with E-state index in [4.69, 9.17) is 14.2 Å². The third kappa shape index (κ3) is 4.87. The Hall–Kier alpha value is -2.84. The monoisotopic (exact) mass is 380 g/mol. The van der Waals surface area contributed by atoms with Crippen molar-refractivity contribution in [2.45, 2.75) is 38.7 Å². The minimum absolute atomic E-state index is 0.120. The van der Waals surface area contributed by atoms with Gasteiger partial charge in [-0.25, -0.2) is 4.79 Å². The molecule has 0 spiro atoms. The summed E-state index contributed by atoms with van der Waals surface area (Å²) in [5.74, 6) is -0.984. The second kappa shape index (κ2) is 9.20. The van der Waals surface area contributed by atoms with E-state index in [1.807, 2.05) is 0 Å². The van der Waals surface area contributed by atoms with E-state index in [-0.39, 0.29) is 23.0 Å². The van der Waals surface area contributed by atoms with Gasteiger partial charge in [0.25, 0.3) is 11.6 Å². The first-order chi connectivity index (χ1) is 12.9. The molecule has 1 aromatic rings. The maximum Gasteiger partial charge on any atom is 0.346 e. The van der Waals surface area contributed by atoms with Crippen molar-refractivity contribution in [2.75, 3.05) is 27.3 Å². The summed E-state index contributed by atoms with van der Waals surface area (Å²) < 4.78 is 15.3. The summed E-state index contributed by atoms with van der Waals surface area (Å²) in [6.45, 7) is 2.71. The summed E-state index contributed by atoms with van der Waals surface area (Å²) in [4.78, 5) is 37.3. The number of rotatable bonds is 6. The van der Waals surface area contributed by atoms with Crippen LogP contribution in [-0.2, 0) is 9.53 Å². The number of methoxy groups -OCH3 is 2. The number of carbonyl (C=O) groups is 2. The van der Waals surface area contributed by atoms with Crippen molar-refractivity contribution in [3.8, 4) is 11.5 Å². The smallest absolute Gasteiger partial charge is 0.346 e. The third-order valence-corrected chi connectivity index (χ3v) is 4.47. The SMILES string of the molecule is COc1cc(C(=O)OC(C)C(=O)N2CCCCCC2)c([N+](=O)[O-])cc1OC. The van der Waals surface area contributed by atoms with Gasteiger partial charge in [-0.2, -0.15) is 0 Å². The van der Waals surface area contributed by atoms with E-state index >= 15 is 0 Å². The highest BCUT2D eigenvalue weighted by Gasteiger charge is 2.30. The average molecular weight is 380 g/mol. The van der Waals surface area contributed by atoms with Crippen LogP contribution in [0, 0.1) is 10.1 Å². The second-order valence-electron chi connectivity index (χ2n) is 6.27. The quantitative estimate of drug-likeness (QED) is 0.424. The highest BCUT2D eigenvalue weighted by atomic mass is 16.6. The zero-order valence-electron chi connectivity index (χ0n) is 15.7. The van der Waals surface area contributed by atoms with Gasteiger partial charge in [-0.15, -0.1) is 0 Å². The Kier molecular flexibility index (Phi) is 6.98. The Morgan fingerprint density at radius 1 is 1.07 bits per heavy atom. The highest BCUT2D eigenvalue weighted by Crippen LogP contribution is 2.35. The molecule has 1 saturated heterocycles. The zero-order chi connectivity index (χ0) is 20.0. The molecule has 1 heterocycles. The molecular formula is C18H24N2O7. The lowest BCUT2D eigenvalue weighted by molar-refractivity contribution is -0.385. The normalized spacial score (nSPS) is 15.4. The molecule has 9 heteroatoms. The van der Waals surface area contributed by atoms with E-state index in [1.165, 1.54) is 27.2 Å². The number of hydrogen-bond acceptors (Lipinski definition) is 7. The topological polar surface area (TPSA) is 108 Å². The van der Waals surface area contributed by atoms with E-state index in [0.29, 0.717) is 13.1 Å². The van der Waals surface area contributed by atoms with Gasteiger partial charge in [-0.3, -0.25) is 14.9 Å². The number of nitrogens with zero attached hydrogens (tertiary/aromatic N) is 2. The third-order valence-electron chi connectivity index (χ3n) is 4.47. The fraction of sp³-hybridized carbons (Fsp3) is 0.556. The summed E-state index contributed by atoms with van der Waals surface area (Å²) in [6, 6.07) is 2.28. The predicted molar refractivity (Wildman–Crippen MR) is 96.1 cm³/mol. The molecule has 1 fully saturated rings. The van der Waals surface area contributed by atoms with Crippen molar-refractivity contribution in [3.63, 3.8) is 0 Å². The molecule has 1 unspecified atom stereocenters. The van der Waals surface area contributed by atoms with Gasteiger partial charge in [0, 0.05) is 19.2 Å². The summed E-state index contributed by atoms with van der Waals surface area (Å²) in [5, 5.41) is 11.3. The van der Waals surface area contributed by atoms with Crippen LogP contribution in [0.3, 0.4) is 0 Å². The van der Waals surface area contributed by atoms with Gasteiger partial charge >= 0.3 is 5.97 Å². The molecule has 1 aromatic carbocycles. The molecule has 1 amide bonds. The molecule has 27 heavy (non-hydrogen) atoms. The standard InChI is InChI=1S/C18H24N2O7/c1-12(17(21)19-8-6-4-5-7-9-19)27-18(22)13-10-15(25-2)16(26-3)11-14(13)20(23)24/h10-12H,4-9H2,1-3H3. The molecule has 2 rings (SSSR count). The first-order valence-corrected chi connectivity index (χ1v) is 8.79. The highest BCUT2D eigenvalue weighted by molar-refractivity contribution is 5.96. The molecule has 0 saturated carbocycles. The molecule has 0 radical (unpaired) electrons. The van der Waals surface area contributed by atoms with E-state index < -0.39 is 22.7 Å². The number of benzene rings is 1. The molecule has 0 aliphatic carbocycles. The molecule has 1 aliphatic rings. The van der Waals surface area contributed by atoms with E-state index in [0.717, 1.165) is 31.7 Å². The van der Waals surface area contributed by atoms with E-state index in [1.54, 1.807) is 4.90 Å². The average Bonchev–Trinajstić information content (AvgIpc) is 2.95. The molecule has 1 atom stereocenters. The van der Waals surface area contributed by atoms with E-state index in [2.05, 4.69) is 0 Å². The first-order valence-electron chi connectivity index (χ1n) is 8.79. The van der Waals surface area contributed by atoms with Crippen molar-refractivity contribution in [3.05, 3.63) is 27.8 Å². The van der Waals surface area contributed by atoms with Gasteiger partial charge in [0.1, 0.15) is 5.56 Å². The van der Waals surface area contributed by atoms with Crippen molar-refractivity contribution >= 4 is 17.6 Å². The van der Waals surface area contributed by atoms with Crippen LogP contribution in [0.4, 0.5) is 5.69 Å². The van der Waals surface area contributed by atoms with Crippen LogP contribution in [0.5, 0.6) is 11.5 Å². The minimum atomic E-state index is -1.04. The summed E-state index contributed by atoms with van der Waals surface area (Å²) in [5.41, 5.74) is -0.778. The fourth-order valence-corrected chi connectivity index (χ4v) is 3.01. The van der Waals surface area contributed by atoms with Gasteiger partial charge in [0.15, 0.2) is 17.6 Å². The number of nitro benzene ring substituents is 1. The number of ether oxygens (including phenoxy) is 3. The maximum absolute atomic E-state index is 12.5. The molecular weight excluding hydrogens is 356 g/mol. The number of carbonyl (C=O) groups excluding carboxylic acids is 2. The number of esters is 1. The Morgan fingerprint density at radius 2 is 1.63 bits per heavy atom. The Labute approximate surface area is 157 Å². The lowest BCUT2D eigenvalue weighted by Gasteiger charge is -2.24. The molecule has 0 bridgehead atoms. The number of nitro groups is 1. The summed E-state index contributed by atoms with van der Waals surface area (Å²) >= 11 is 0. The van der Waals surface area contributed by atoms with Gasteiger partial charge < -0.3 is 19.1 Å². The van der Waals surface area contributed by atoms with Crippen LogP contribution >= 0.6 is 0 Å². The summed E-state index contributed by atoms with van der Waals surface area (Å²) in [6.07, 6.45) is 2.91. The predicted octanol–water partition coefficient (Wildman–Crippen LogP) is 2.56. The largest absolute Gasteiger partial charge is 0.493 e. The summed E-state index contributed by atoms with van der Waals surface area (Å²) in [7, 11) is 2.69. The molecule has 0 N–H and O–H groups in total. The first kappa shape index (κ1) is 20.5. The number of amides is 1. The zero-order valence-corrected chi connectivity index (χ0v) is 15.7. The Morgan fingerprint density at radius 3 is 2.15 bits per heavy atom. The van der Waals surface area contributed by atoms with Crippen molar-refractivity contribution in [2.24, 2.45) is 0 Å². The van der Waals surface area contributed by atoms with Crippen LogP contribution in [0.15, 0.2) is 12.1 Å². The second-order valence-corrected chi connectivity index (χ2v) is 6.27. The molecule has 148 valence electrons. The maximum atomic E-state index is 12.5. The molecule has 9 nitrogen and oxygen atoms in total. The van der Waals surface area contributed by atoms with Crippen LogP contribution in [0.1, 0.15) is 43.0 Å². The lowest BCUT2D eigenvalue weighted by atomic mass is 10.1. The van der Waals surface area contributed by atoms with E-state index in [9.17, 15) is 19.7 Å². The number of likely N-dealkylation sites (tertiary alicyclic amines) is 1.